The first-order valence-electron chi connectivity index (χ1n) is 21.4. The van der Waals surface area contributed by atoms with Crippen LogP contribution in [-0.4, -0.2) is 14.5 Å². The van der Waals surface area contributed by atoms with Gasteiger partial charge in [0.15, 0.2) is 0 Å². The van der Waals surface area contributed by atoms with Crippen LogP contribution in [0.25, 0.3) is 73.4 Å². The third-order valence-corrected chi connectivity index (χ3v) is 13.8. The van der Waals surface area contributed by atoms with Gasteiger partial charge >= 0.3 is 0 Å². The average Bonchev–Trinajstić information content (AvgIpc) is 3.71. The molecule has 10 aromatic rings. The van der Waals surface area contributed by atoms with Crippen molar-refractivity contribution in [1.29, 1.82) is 0 Å². The molecule has 13 rings (SSSR count). The first kappa shape index (κ1) is 35.0. The smallest absolute Gasteiger partial charge is 0.137 e. The van der Waals surface area contributed by atoms with Crippen molar-refractivity contribution >= 4 is 34.1 Å². The van der Waals surface area contributed by atoms with Crippen LogP contribution < -0.4 is 4.74 Å². The third kappa shape index (κ3) is 4.78. The summed E-state index contributed by atoms with van der Waals surface area (Å²) in [5.41, 5.74) is 18.8. The Kier molecular flexibility index (Phi) is 7.25. The van der Waals surface area contributed by atoms with E-state index in [4.69, 9.17) is 14.7 Å². The Hall–Kier alpha value is -7.82. The van der Waals surface area contributed by atoms with Gasteiger partial charge in [-0.15, -0.1) is 0 Å². The van der Waals surface area contributed by atoms with Crippen molar-refractivity contribution < 1.29 is 4.74 Å². The van der Waals surface area contributed by atoms with E-state index in [0.29, 0.717) is 0 Å². The van der Waals surface area contributed by atoms with Crippen LogP contribution in [0.3, 0.4) is 0 Å². The Morgan fingerprint density at radius 2 is 1.18 bits per heavy atom. The van der Waals surface area contributed by atoms with Crippen molar-refractivity contribution in [1.82, 2.24) is 14.5 Å². The standard InChI is InChI=1S/C58H39N3O/c1-57(2)45-19-9-7-17-41(45)42-34-49-54(35-48(42)57)62-53-21-11-10-20-46(53)58(49)44-18-8-6-14-36(44)23-24-37-25-26-40(33-47(37)58)39-27-29-51-43(32-39)56-52(61(51)55-22-12-13-31-59-55)30-28-50(60-56)38-15-4-3-5-16-38/h3-35H,1-2H3. The molecule has 1 unspecified atom stereocenters. The lowest BCUT2D eigenvalue weighted by molar-refractivity contribution is 0.433. The van der Waals surface area contributed by atoms with E-state index < -0.39 is 5.41 Å². The Morgan fingerprint density at radius 3 is 2.03 bits per heavy atom. The van der Waals surface area contributed by atoms with Crippen LogP contribution in [0.4, 0.5) is 0 Å². The molecular weight excluding hydrogens is 755 g/mol. The number of nitrogens with zero attached hydrogens (tertiary/aromatic N) is 3. The van der Waals surface area contributed by atoms with Gasteiger partial charge in [0.2, 0.25) is 0 Å². The fourth-order valence-corrected chi connectivity index (χ4v) is 10.9. The number of ether oxygens (including phenoxy) is 1. The number of hydrogen-bond acceptors (Lipinski definition) is 3. The van der Waals surface area contributed by atoms with Crippen molar-refractivity contribution in [2.24, 2.45) is 0 Å². The molecule has 62 heavy (non-hydrogen) atoms. The van der Waals surface area contributed by atoms with Gasteiger partial charge in [-0.1, -0.05) is 147 Å². The maximum atomic E-state index is 7.04. The second kappa shape index (κ2) is 12.8. The number of hydrogen-bond donors (Lipinski definition) is 0. The molecule has 0 saturated heterocycles. The average molecular weight is 794 g/mol. The molecule has 0 radical (unpaired) electrons. The summed E-state index contributed by atoms with van der Waals surface area (Å²) < 4.78 is 9.28. The Morgan fingerprint density at radius 1 is 0.468 bits per heavy atom. The maximum Gasteiger partial charge on any atom is 0.137 e. The van der Waals surface area contributed by atoms with E-state index in [1.807, 2.05) is 24.4 Å². The topological polar surface area (TPSA) is 39.9 Å². The van der Waals surface area contributed by atoms with E-state index in [1.165, 1.54) is 44.5 Å². The molecule has 0 saturated carbocycles. The van der Waals surface area contributed by atoms with E-state index in [9.17, 15) is 0 Å². The number of pyridine rings is 2. The molecule has 4 heteroatoms. The molecule has 0 fully saturated rings. The number of benzene rings is 7. The van der Waals surface area contributed by atoms with Crippen molar-refractivity contribution in [3.63, 3.8) is 0 Å². The largest absolute Gasteiger partial charge is 0.457 e. The van der Waals surface area contributed by atoms with Crippen LogP contribution in [-0.2, 0) is 10.8 Å². The minimum absolute atomic E-state index is 0.169. The molecule has 0 amide bonds. The van der Waals surface area contributed by atoms with Crippen LogP contribution in [0.2, 0.25) is 0 Å². The number of para-hydroxylation sites is 1. The Bertz CT molecular complexity index is 3530. The first-order chi connectivity index (χ1) is 30.5. The number of rotatable bonds is 3. The van der Waals surface area contributed by atoms with Gasteiger partial charge in [0.05, 0.1) is 27.7 Å². The fourth-order valence-electron chi connectivity index (χ4n) is 10.9. The molecule has 1 spiro atoms. The summed E-state index contributed by atoms with van der Waals surface area (Å²) in [6.07, 6.45) is 6.45. The first-order valence-corrected chi connectivity index (χ1v) is 21.4. The monoisotopic (exact) mass is 793 g/mol. The van der Waals surface area contributed by atoms with Gasteiger partial charge in [-0.05, 0) is 116 Å². The van der Waals surface area contributed by atoms with Crippen LogP contribution in [0.5, 0.6) is 11.5 Å². The summed E-state index contributed by atoms with van der Waals surface area (Å²) >= 11 is 0. The molecule has 1 atom stereocenters. The second-order valence-electron chi connectivity index (χ2n) is 17.3. The maximum absolute atomic E-state index is 7.04. The van der Waals surface area contributed by atoms with E-state index in [0.717, 1.165) is 72.8 Å². The molecule has 7 aromatic carbocycles. The highest BCUT2D eigenvalue weighted by Gasteiger charge is 2.49. The third-order valence-electron chi connectivity index (χ3n) is 13.8. The molecule has 0 bridgehead atoms. The van der Waals surface area contributed by atoms with Gasteiger partial charge in [-0.3, -0.25) is 4.57 Å². The lowest BCUT2D eigenvalue weighted by atomic mass is 9.61. The molecule has 0 N–H and O–H groups in total. The van der Waals surface area contributed by atoms with Gasteiger partial charge in [-0.2, -0.15) is 0 Å². The van der Waals surface area contributed by atoms with Gasteiger partial charge in [0.25, 0.3) is 0 Å². The molecule has 3 aliphatic rings. The zero-order valence-electron chi connectivity index (χ0n) is 34.3. The summed E-state index contributed by atoms with van der Waals surface area (Å²) in [5, 5.41) is 1.08. The predicted octanol–water partition coefficient (Wildman–Crippen LogP) is 14.2. The van der Waals surface area contributed by atoms with Gasteiger partial charge in [-0.25, -0.2) is 9.97 Å². The molecule has 3 aromatic heterocycles. The SMILES string of the molecule is CC1(C)c2ccccc2-c2cc3c(cc21)Oc1ccccc1C31c2ccccc2C=Cc2ccc(-c3ccc4c(c3)c3nc(-c5ccccc5)ccc3n4-c3ccccn3)cc21. The van der Waals surface area contributed by atoms with Gasteiger partial charge in [0.1, 0.15) is 17.3 Å². The molecule has 292 valence electrons. The highest BCUT2D eigenvalue weighted by molar-refractivity contribution is 6.09. The molecule has 2 aliphatic carbocycles. The fraction of sp³-hybridized carbons (Fsp3) is 0.0690. The lowest BCUT2D eigenvalue weighted by Gasteiger charge is -2.43. The highest BCUT2D eigenvalue weighted by Crippen LogP contribution is 2.61. The van der Waals surface area contributed by atoms with E-state index >= 15 is 0 Å². The van der Waals surface area contributed by atoms with E-state index in [-0.39, 0.29) is 5.41 Å². The molecular formula is C58H39N3O. The van der Waals surface area contributed by atoms with Crippen molar-refractivity contribution in [3.8, 4) is 50.8 Å². The quantitative estimate of drug-likeness (QED) is 0.179. The molecule has 4 nitrogen and oxygen atoms in total. The Labute approximate surface area is 360 Å². The van der Waals surface area contributed by atoms with Gasteiger partial charge in [0, 0.05) is 33.7 Å². The summed E-state index contributed by atoms with van der Waals surface area (Å²) in [4.78, 5) is 10.2. The van der Waals surface area contributed by atoms with Crippen LogP contribution in [0.15, 0.2) is 188 Å². The summed E-state index contributed by atoms with van der Waals surface area (Å²) in [7, 11) is 0. The van der Waals surface area contributed by atoms with Crippen molar-refractivity contribution in [2.75, 3.05) is 0 Å². The van der Waals surface area contributed by atoms with Crippen LogP contribution in [0, 0.1) is 0 Å². The van der Waals surface area contributed by atoms with Crippen LogP contribution in [0.1, 0.15) is 58.4 Å². The van der Waals surface area contributed by atoms with Crippen LogP contribution >= 0.6 is 0 Å². The number of aromatic nitrogens is 3. The van der Waals surface area contributed by atoms with E-state index in [1.54, 1.807) is 0 Å². The van der Waals surface area contributed by atoms with E-state index in [2.05, 4.69) is 194 Å². The molecule has 4 heterocycles. The second-order valence-corrected chi connectivity index (χ2v) is 17.3. The summed E-state index contributed by atoms with van der Waals surface area (Å²) in [5.74, 6) is 2.65. The minimum Gasteiger partial charge on any atom is -0.457 e. The summed E-state index contributed by atoms with van der Waals surface area (Å²) in [6, 6.07) is 65.9. The predicted molar refractivity (Wildman–Crippen MR) is 252 cm³/mol. The normalized spacial score (nSPS) is 16.2. The summed E-state index contributed by atoms with van der Waals surface area (Å²) in [6.45, 7) is 4.68. The lowest BCUT2D eigenvalue weighted by Crippen LogP contribution is -2.35. The Balaban J connectivity index is 1.09. The molecule has 1 aliphatic heterocycles. The zero-order chi connectivity index (χ0) is 41.2. The highest BCUT2D eigenvalue weighted by atomic mass is 16.5. The number of fused-ring (bicyclic) bond motifs is 14. The van der Waals surface area contributed by atoms with Gasteiger partial charge < -0.3 is 4.74 Å². The van der Waals surface area contributed by atoms with Crippen molar-refractivity contribution in [3.05, 3.63) is 233 Å². The minimum atomic E-state index is -0.697. The zero-order valence-corrected chi connectivity index (χ0v) is 34.3. The van der Waals surface area contributed by atoms with Crippen molar-refractivity contribution in [2.45, 2.75) is 24.7 Å².